The fourth-order valence-electron chi connectivity index (χ4n) is 2.71. The standard InChI is InChI=1S/C14H17BrN2O2S/c15-12-1-2-14-11(9-12)3-6-17(14)7-5-16-13-4-8-20(18,19)10-13/h1-3,6,9,13,16H,4-5,7-8,10H2. The maximum absolute atomic E-state index is 11.4. The normalized spacial score (nSPS) is 21.6. The van der Waals surface area contributed by atoms with Gasteiger partial charge in [0.1, 0.15) is 0 Å². The summed E-state index contributed by atoms with van der Waals surface area (Å²) in [7, 11) is -2.79. The highest BCUT2D eigenvalue weighted by atomic mass is 79.9. The molecule has 1 unspecified atom stereocenters. The minimum atomic E-state index is -2.79. The predicted molar refractivity (Wildman–Crippen MR) is 84.7 cm³/mol. The first-order valence-corrected chi connectivity index (χ1v) is 9.33. The van der Waals surface area contributed by atoms with Crippen molar-refractivity contribution < 1.29 is 8.42 Å². The summed E-state index contributed by atoms with van der Waals surface area (Å²) in [5, 5.41) is 4.55. The molecular formula is C14H17BrN2O2S. The molecule has 4 nitrogen and oxygen atoms in total. The monoisotopic (exact) mass is 356 g/mol. The second kappa shape index (κ2) is 5.50. The summed E-state index contributed by atoms with van der Waals surface area (Å²) >= 11 is 3.47. The predicted octanol–water partition coefficient (Wildman–Crippen LogP) is 2.18. The van der Waals surface area contributed by atoms with Gasteiger partial charge in [-0.25, -0.2) is 8.42 Å². The summed E-state index contributed by atoms with van der Waals surface area (Å²) in [6.07, 6.45) is 2.81. The Morgan fingerprint density at radius 1 is 1.35 bits per heavy atom. The molecule has 1 aliphatic rings. The summed E-state index contributed by atoms with van der Waals surface area (Å²) in [6, 6.07) is 8.45. The molecule has 1 aliphatic heterocycles. The molecule has 0 saturated carbocycles. The summed E-state index contributed by atoms with van der Waals surface area (Å²) in [5.41, 5.74) is 1.20. The number of nitrogens with one attached hydrogen (secondary N) is 1. The molecule has 1 aromatic heterocycles. The number of benzene rings is 1. The van der Waals surface area contributed by atoms with Crippen LogP contribution in [0.1, 0.15) is 6.42 Å². The van der Waals surface area contributed by atoms with Gasteiger partial charge in [-0.05, 0) is 30.7 Å². The quantitative estimate of drug-likeness (QED) is 0.913. The third kappa shape index (κ3) is 3.07. The summed E-state index contributed by atoms with van der Waals surface area (Å²) in [4.78, 5) is 0. The van der Waals surface area contributed by atoms with Crippen LogP contribution in [-0.4, -0.2) is 37.1 Å². The second-order valence-corrected chi connectivity index (χ2v) is 8.41. The smallest absolute Gasteiger partial charge is 0.151 e. The Morgan fingerprint density at radius 3 is 2.95 bits per heavy atom. The van der Waals surface area contributed by atoms with Gasteiger partial charge >= 0.3 is 0 Å². The van der Waals surface area contributed by atoms with Gasteiger partial charge in [-0.3, -0.25) is 0 Å². The zero-order valence-electron chi connectivity index (χ0n) is 11.0. The summed E-state index contributed by atoms with van der Waals surface area (Å²) in [5.74, 6) is 0.609. The molecule has 1 saturated heterocycles. The van der Waals surface area contributed by atoms with Crippen molar-refractivity contribution in [2.45, 2.75) is 19.0 Å². The number of nitrogens with zero attached hydrogens (tertiary/aromatic N) is 1. The van der Waals surface area contributed by atoms with Gasteiger partial charge in [-0.2, -0.15) is 0 Å². The molecule has 20 heavy (non-hydrogen) atoms. The Labute approximate surface area is 127 Å². The zero-order valence-corrected chi connectivity index (χ0v) is 13.5. The van der Waals surface area contributed by atoms with E-state index >= 15 is 0 Å². The van der Waals surface area contributed by atoms with Crippen LogP contribution in [0.5, 0.6) is 0 Å². The van der Waals surface area contributed by atoms with Crippen LogP contribution in [0.2, 0.25) is 0 Å². The molecule has 6 heteroatoms. The van der Waals surface area contributed by atoms with Gasteiger partial charge in [-0.1, -0.05) is 15.9 Å². The SMILES string of the molecule is O=S1(=O)CCC(NCCn2ccc3cc(Br)ccc32)C1. The van der Waals surface area contributed by atoms with Crippen molar-refractivity contribution in [2.24, 2.45) is 0 Å². The maximum atomic E-state index is 11.4. The van der Waals surface area contributed by atoms with Crippen LogP contribution in [0.25, 0.3) is 10.9 Å². The number of sulfone groups is 1. The molecule has 3 rings (SSSR count). The summed E-state index contributed by atoms with van der Waals surface area (Å²) in [6.45, 7) is 1.64. The molecule has 2 aromatic rings. The highest BCUT2D eigenvalue weighted by molar-refractivity contribution is 9.10. The fraction of sp³-hybridized carbons (Fsp3) is 0.429. The van der Waals surface area contributed by atoms with Crippen molar-refractivity contribution in [3.8, 4) is 0 Å². The Hall–Kier alpha value is -0.850. The van der Waals surface area contributed by atoms with E-state index in [0.29, 0.717) is 5.75 Å². The van der Waals surface area contributed by atoms with Gasteiger partial charge in [-0.15, -0.1) is 0 Å². The van der Waals surface area contributed by atoms with Crippen molar-refractivity contribution >= 4 is 36.7 Å². The number of fused-ring (bicyclic) bond motifs is 1. The Kier molecular flexibility index (Phi) is 3.88. The fourth-order valence-corrected chi connectivity index (χ4v) is 4.80. The van der Waals surface area contributed by atoms with Crippen LogP contribution >= 0.6 is 15.9 Å². The molecule has 2 heterocycles. The third-order valence-electron chi connectivity index (χ3n) is 3.75. The molecular weight excluding hydrogens is 340 g/mol. The van der Waals surface area contributed by atoms with Gasteiger partial charge in [0, 0.05) is 40.7 Å². The first kappa shape index (κ1) is 14.1. The number of halogens is 1. The van der Waals surface area contributed by atoms with Crippen molar-refractivity contribution in [3.63, 3.8) is 0 Å². The van der Waals surface area contributed by atoms with E-state index in [1.54, 1.807) is 0 Å². The van der Waals surface area contributed by atoms with Crippen molar-refractivity contribution in [1.82, 2.24) is 9.88 Å². The Morgan fingerprint density at radius 2 is 2.20 bits per heavy atom. The molecule has 1 atom stereocenters. The lowest BCUT2D eigenvalue weighted by molar-refractivity contribution is 0.525. The van der Waals surface area contributed by atoms with E-state index in [9.17, 15) is 8.42 Å². The van der Waals surface area contributed by atoms with E-state index < -0.39 is 9.84 Å². The Balaban J connectivity index is 1.60. The zero-order chi connectivity index (χ0) is 14.2. The summed E-state index contributed by atoms with van der Waals surface area (Å²) < 4.78 is 26.1. The van der Waals surface area contributed by atoms with Crippen molar-refractivity contribution in [3.05, 3.63) is 34.9 Å². The van der Waals surface area contributed by atoms with E-state index in [1.165, 1.54) is 10.9 Å². The minimum Gasteiger partial charge on any atom is -0.346 e. The molecule has 1 N–H and O–H groups in total. The average Bonchev–Trinajstić information content (AvgIpc) is 2.93. The van der Waals surface area contributed by atoms with E-state index in [-0.39, 0.29) is 11.8 Å². The van der Waals surface area contributed by atoms with Gasteiger partial charge in [0.05, 0.1) is 11.5 Å². The molecule has 1 aromatic carbocycles. The van der Waals surface area contributed by atoms with Gasteiger partial charge in [0.2, 0.25) is 0 Å². The number of aromatic nitrogens is 1. The van der Waals surface area contributed by atoms with Crippen LogP contribution in [0.15, 0.2) is 34.9 Å². The van der Waals surface area contributed by atoms with Crippen LogP contribution in [0, 0.1) is 0 Å². The maximum Gasteiger partial charge on any atom is 0.151 e. The first-order chi connectivity index (χ1) is 9.53. The molecule has 108 valence electrons. The van der Waals surface area contributed by atoms with E-state index in [4.69, 9.17) is 0 Å². The number of hydrogen-bond donors (Lipinski definition) is 1. The largest absolute Gasteiger partial charge is 0.346 e. The van der Waals surface area contributed by atoms with E-state index in [1.807, 2.05) is 6.07 Å². The molecule has 0 aliphatic carbocycles. The molecule has 0 amide bonds. The lowest BCUT2D eigenvalue weighted by Crippen LogP contribution is -2.32. The topological polar surface area (TPSA) is 51.1 Å². The minimum absolute atomic E-state index is 0.121. The van der Waals surface area contributed by atoms with Crippen LogP contribution < -0.4 is 5.32 Å². The van der Waals surface area contributed by atoms with Gasteiger partial charge in [0.25, 0.3) is 0 Å². The van der Waals surface area contributed by atoms with Crippen LogP contribution in [0.4, 0.5) is 0 Å². The van der Waals surface area contributed by atoms with Gasteiger partial charge < -0.3 is 9.88 Å². The molecule has 1 fully saturated rings. The highest BCUT2D eigenvalue weighted by Gasteiger charge is 2.26. The third-order valence-corrected chi connectivity index (χ3v) is 6.01. The second-order valence-electron chi connectivity index (χ2n) is 5.27. The lowest BCUT2D eigenvalue weighted by atomic mass is 10.2. The average molecular weight is 357 g/mol. The highest BCUT2D eigenvalue weighted by Crippen LogP contribution is 2.20. The first-order valence-electron chi connectivity index (χ1n) is 6.72. The lowest BCUT2D eigenvalue weighted by Gasteiger charge is -2.11. The molecule has 0 radical (unpaired) electrons. The van der Waals surface area contributed by atoms with Gasteiger partial charge in [0.15, 0.2) is 9.84 Å². The van der Waals surface area contributed by atoms with Crippen LogP contribution in [-0.2, 0) is 16.4 Å². The van der Waals surface area contributed by atoms with Crippen molar-refractivity contribution in [2.75, 3.05) is 18.1 Å². The number of hydrogen-bond acceptors (Lipinski definition) is 3. The van der Waals surface area contributed by atoms with Crippen molar-refractivity contribution in [1.29, 1.82) is 0 Å². The van der Waals surface area contributed by atoms with E-state index in [2.05, 4.69) is 50.2 Å². The van der Waals surface area contributed by atoms with Crippen LogP contribution in [0.3, 0.4) is 0 Å². The Bertz CT molecular complexity index is 724. The molecule has 0 spiro atoms. The number of rotatable bonds is 4. The van der Waals surface area contributed by atoms with E-state index in [0.717, 1.165) is 24.0 Å². The molecule has 0 bridgehead atoms.